The van der Waals surface area contributed by atoms with Gasteiger partial charge in [0.2, 0.25) is 0 Å². The Morgan fingerprint density at radius 3 is 1.02 bits per heavy atom. The normalized spacial score (nSPS) is 11.0. The number of nitrogens with zero attached hydrogens (tertiary/aromatic N) is 2. The first-order chi connectivity index (χ1) is 31.6. The first kappa shape index (κ1) is 39.8. The molecule has 0 aliphatic heterocycles. The standard InChI is InChI=1S/C60H48N4/c1-43-35-37-47(45-21-7-3-8-22-45)41-55(43)61-53-31-17-19-33-59(53)63(49-25-11-5-12-26-49)57-39-40-58(52-30-16-15-29-51(52)57)64(50-27-13-6-14-28-50)60-34-20-18-32-54(60)62-56-42-48(38-36-44(56)2)46-23-9-4-10-24-46/h3-42,61-62H,1-2H3. The van der Waals surface area contributed by atoms with Crippen molar-refractivity contribution in [1.82, 2.24) is 0 Å². The molecule has 308 valence electrons. The number of benzene rings is 10. The highest BCUT2D eigenvalue weighted by atomic mass is 15.2. The zero-order chi connectivity index (χ0) is 43.2. The van der Waals surface area contributed by atoms with Gasteiger partial charge >= 0.3 is 0 Å². The van der Waals surface area contributed by atoms with Crippen LogP contribution in [0.25, 0.3) is 33.0 Å². The van der Waals surface area contributed by atoms with E-state index in [2.05, 4.69) is 277 Å². The summed E-state index contributed by atoms with van der Waals surface area (Å²) >= 11 is 0. The van der Waals surface area contributed by atoms with Crippen LogP contribution in [0.1, 0.15) is 11.1 Å². The summed E-state index contributed by atoms with van der Waals surface area (Å²) in [6.45, 7) is 4.33. The summed E-state index contributed by atoms with van der Waals surface area (Å²) in [5, 5.41) is 10.0. The van der Waals surface area contributed by atoms with E-state index in [-0.39, 0.29) is 0 Å². The second-order valence-corrected chi connectivity index (χ2v) is 16.1. The molecule has 0 fully saturated rings. The van der Waals surface area contributed by atoms with Crippen molar-refractivity contribution in [2.24, 2.45) is 0 Å². The summed E-state index contributed by atoms with van der Waals surface area (Å²) in [6, 6.07) is 86.4. The first-order valence-electron chi connectivity index (χ1n) is 21.9. The van der Waals surface area contributed by atoms with Gasteiger partial charge in [-0.05, 0) is 120 Å². The molecule has 0 aromatic heterocycles. The molecule has 0 saturated heterocycles. The van der Waals surface area contributed by atoms with Gasteiger partial charge in [-0.2, -0.15) is 0 Å². The Hall–Kier alpha value is -8.34. The van der Waals surface area contributed by atoms with Crippen LogP contribution < -0.4 is 20.4 Å². The summed E-state index contributed by atoms with van der Waals surface area (Å²) < 4.78 is 0. The maximum atomic E-state index is 3.88. The Bertz CT molecular complexity index is 2970. The Morgan fingerprint density at radius 1 is 0.266 bits per heavy atom. The van der Waals surface area contributed by atoms with Gasteiger partial charge in [0.1, 0.15) is 0 Å². The van der Waals surface area contributed by atoms with Gasteiger partial charge < -0.3 is 20.4 Å². The van der Waals surface area contributed by atoms with Crippen LogP contribution in [0, 0.1) is 13.8 Å². The number of aryl methyl sites for hydroxylation is 2. The molecule has 0 spiro atoms. The van der Waals surface area contributed by atoms with E-state index in [0.29, 0.717) is 0 Å². The van der Waals surface area contributed by atoms with Crippen molar-refractivity contribution in [2.45, 2.75) is 13.8 Å². The Kier molecular flexibility index (Phi) is 11.2. The molecule has 0 unspecified atom stereocenters. The average Bonchev–Trinajstić information content (AvgIpc) is 3.36. The van der Waals surface area contributed by atoms with E-state index >= 15 is 0 Å². The molecule has 0 aliphatic carbocycles. The lowest BCUT2D eigenvalue weighted by Crippen LogP contribution is -2.15. The predicted octanol–water partition coefficient (Wildman–Crippen LogP) is 17.2. The lowest BCUT2D eigenvalue weighted by molar-refractivity contribution is 1.27. The second kappa shape index (κ2) is 17.9. The Labute approximate surface area is 376 Å². The zero-order valence-electron chi connectivity index (χ0n) is 36.0. The van der Waals surface area contributed by atoms with E-state index in [0.717, 1.165) is 67.6 Å². The minimum atomic E-state index is 1.00. The van der Waals surface area contributed by atoms with Crippen LogP contribution >= 0.6 is 0 Å². The number of rotatable bonds is 12. The van der Waals surface area contributed by atoms with Gasteiger partial charge in [-0.25, -0.2) is 0 Å². The lowest BCUT2D eigenvalue weighted by Gasteiger charge is -2.32. The number of hydrogen-bond acceptors (Lipinski definition) is 4. The van der Waals surface area contributed by atoms with Gasteiger partial charge in [-0.15, -0.1) is 0 Å². The molecule has 0 saturated carbocycles. The molecule has 0 heterocycles. The van der Waals surface area contributed by atoms with Crippen molar-refractivity contribution >= 4 is 67.6 Å². The quantitative estimate of drug-likeness (QED) is 0.128. The minimum absolute atomic E-state index is 1.00. The fourth-order valence-electron chi connectivity index (χ4n) is 8.60. The number of anilines is 10. The van der Waals surface area contributed by atoms with Crippen molar-refractivity contribution in [2.75, 3.05) is 20.4 Å². The molecular weight excluding hydrogens is 777 g/mol. The molecule has 0 radical (unpaired) electrons. The van der Waals surface area contributed by atoms with Gasteiger partial charge in [-0.1, -0.05) is 170 Å². The molecule has 2 N–H and O–H groups in total. The van der Waals surface area contributed by atoms with Crippen LogP contribution in [0.4, 0.5) is 56.9 Å². The van der Waals surface area contributed by atoms with E-state index in [1.165, 1.54) is 33.4 Å². The first-order valence-corrected chi connectivity index (χ1v) is 21.9. The Balaban J connectivity index is 1.10. The van der Waals surface area contributed by atoms with Crippen molar-refractivity contribution in [3.63, 3.8) is 0 Å². The molecule has 10 rings (SSSR count). The van der Waals surface area contributed by atoms with Gasteiger partial charge in [0.15, 0.2) is 0 Å². The highest BCUT2D eigenvalue weighted by Gasteiger charge is 2.24. The topological polar surface area (TPSA) is 30.5 Å². The summed E-state index contributed by atoms with van der Waals surface area (Å²) in [5.74, 6) is 0. The van der Waals surface area contributed by atoms with Gasteiger partial charge in [-0.3, -0.25) is 0 Å². The summed E-state index contributed by atoms with van der Waals surface area (Å²) in [4.78, 5) is 4.77. The number of para-hydroxylation sites is 6. The molecule has 0 bridgehead atoms. The van der Waals surface area contributed by atoms with E-state index in [9.17, 15) is 0 Å². The smallest absolute Gasteiger partial charge is 0.0696 e. The van der Waals surface area contributed by atoms with Crippen LogP contribution in [0.15, 0.2) is 243 Å². The maximum absolute atomic E-state index is 3.88. The van der Waals surface area contributed by atoms with Crippen LogP contribution in [0.2, 0.25) is 0 Å². The third-order valence-electron chi connectivity index (χ3n) is 11.9. The van der Waals surface area contributed by atoms with Crippen LogP contribution in [-0.4, -0.2) is 0 Å². The molecule has 0 amide bonds. The van der Waals surface area contributed by atoms with E-state index in [1.54, 1.807) is 0 Å². The maximum Gasteiger partial charge on any atom is 0.0696 e. The number of hydrogen-bond donors (Lipinski definition) is 2. The van der Waals surface area contributed by atoms with E-state index in [4.69, 9.17) is 0 Å². The molecule has 10 aromatic rings. The molecule has 0 aliphatic rings. The molecule has 64 heavy (non-hydrogen) atoms. The Morgan fingerprint density at radius 2 is 0.609 bits per heavy atom. The van der Waals surface area contributed by atoms with Gasteiger partial charge in [0, 0.05) is 33.5 Å². The number of fused-ring (bicyclic) bond motifs is 1. The highest BCUT2D eigenvalue weighted by Crippen LogP contribution is 2.48. The summed E-state index contributed by atoms with van der Waals surface area (Å²) in [5.41, 5.74) is 17.5. The third-order valence-corrected chi connectivity index (χ3v) is 11.9. The van der Waals surface area contributed by atoms with Crippen LogP contribution in [0.5, 0.6) is 0 Å². The van der Waals surface area contributed by atoms with Crippen molar-refractivity contribution in [3.05, 3.63) is 254 Å². The molecule has 4 nitrogen and oxygen atoms in total. The molecule has 0 atom stereocenters. The van der Waals surface area contributed by atoms with Crippen molar-refractivity contribution < 1.29 is 0 Å². The van der Waals surface area contributed by atoms with Crippen molar-refractivity contribution in [3.8, 4) is 22.3 Å². The molecular formula is C60H48N4. The highest BCUT2D eigenvalue weighted by molar-refractivity contribution is 6.09. The third kappa shape index (κ3) is 8.09. The lowest BCUT2D eigenvalue weighted by atomic mass is 10.0. The second-order valence-electron chi connectivity index (χ2n) is 16.1. The van der Waals surface area contributed by atoms with Crippen LogP contribution in [-0.2, 0) is 0 Å². The van der Waals surface area contributed by atoms with Crippen molar-refractivity contribution in [1.29, 1.82) is 0 Å². The summed E-state index contributed by atoms with van der Waals surface area (Å²) in [7, 11) is 0. The van der Waals surface area contributed by atoms with Gasteiger partial charge in [0.05, 0.1) is 34.1 Å². The SMILES string of the molecule is Cc1ccc(-c2ccccc2)cc1Nc1ccccc1N(c1ccccc1)c1ccc(N(c2ccccc2)c2ccccc2Nc2cc(-c3ccccc3)ccc2C)c2ccccc12. The average molecular weight is 825 g/mol. The molecule has 4 heteroatoms. The largest absolute Gasteiger partial charge is 0.354 e. The van der Waals surface area contributed by atoms with Crippen LogP contribution in [0.3, 0.4) is 0 Å². The summed E-state index contributed by atoms with van der Waals surface area (Å²) in [6.07, 6.45) is 0. The minimum Gasteiger partial charge on any atom is -0.354 e. The van der Waals surface area contributed by atoms with Gasteiger partial charge in [0.25, 0.3) is 0 Å². The van der Waals surface area contributed by atoms with E-state index < -0.39 is 0 Å². The van der Waals surface area contributed by atoms with E-state index in [1.807, 2.05) is 0 Å². The monoisotopic (exact) mass is 824 g/mol. The number of nitrogens with one attached hydrogen (secondary N) is 2. The fourth-order valence-corrected chi connectivity index (χ4v) is 8.60. The molecule has 10 aromatic carbocycles. The fraction of sp³-hybridized carbons (Fsp3) is 0.0333. The zero-order valence-corrected chi connectivity index (χ0v) is 36.0. The predicted molar refractivity (Wildman–Crippen MR) is 273 cm³/mol.